The van der Waals surface area contributed by atoms with E-state index >= 15 is 0 Å². The molecule has 0 spiro atoms. The number of carboxylic acids is 1. The Morgan fingerprint density at radius 3 is 2.46 bits per heavy atom. The Labute approximate surface area is 156 Å². The third-order valence-electron chi connectivity index (χ3n) is 3.58. The van der Waals surface area contributed by atoms with Gasteiger partial charge in [0.2, 0.25) is 11.8 Å². The van der Waals surface area contributed by atoms with Gasteiger partial charge in [-0.3, -0.25) is 9.59 Å². The lowest BCUT2D eigenvalue weighted by atomic mass is 10.2. The van der Waals surface area contributed by atoms with Crippen LogP contribution in [0.25, 0.3) is 0 Å². The molecule has 5 nitrogen and oxygen atoms in total. The minimum atomic E-state index is -1.05. The number of halogens is 1. The van der Waals surface area contributed by atoms with E-state index in [1.165, 1.54) is 11.0 Å². The number of thioether (sulfide) groups is 1. The normalized spacial score (nSPS) is 17.4. The lowest BCUT2D eigenvalue weighted by molar-refractivity contribution is -0.121. The number of amides is 2. The molecule has 7 heteroatoms. The van der Waals surface area contributed by atoms with Crippen molar-refractivity contribution in [2.45, 2.75) is 16.6 Å². The third-order valence-corrected chi connectivity index (χ3v) is 5.56. The standard InChI is InChI=1S/C17H12INO4S/c18-10-5-7-11(8-6-10)19-15(20)9-14(16(19)21)24-13-4-2-1-3-12(13)17(22)23/h1-8,14H,9H2,(H,22,23). The second-order valence-corrected chi connectivity index (χ2v) is 7.65. The zero-order chi connectivity index (χ0) is 17.3. The van der Waals surface area contributed by atoms with Crippen molar-refractivity contribution < 1.29 is 19.5 Å². The number of hydrogen-bond donors (Lipinski definition) is 1. The maximum Gasteiger partial charge on any atom is 0.336 e. The fourth-order valence-corrected chi connectivity index (χ4v) is 3.99. The second kappa shape index (κ2) is 6.94. The van der Waals surface area contributed by atoms with Crippen LogP contribution >= 0.6 is 34.4 Å². The zero-order valence-corrected chi connectivity index (χ0v) is 15.3. The van der Waals surface area contributed by atoms with Gasteiger partial charge >= 0.3 is 5.97 Å². The van der Waals surface area contributed by atoms with Crippen molar-refractivity contribution in [1.29, 1.82) is 0 Å². The maximum atomic E-state index is 12.6. The van der Waals surface area contributed by atoms with Crippen molar-refractivity contribution in [3.05, 3.63) is 57.7 Å². The number of carbonyl (C=O) groups excluding carboxylic acids is 2. The summed E-state index contributed by atoms with van der Waals surface area (Å²) in [6.45, 7) is 0. The summed E-state index contributed by atoms with van der Waals surface area (Å²) in [7, 11) is 0. The van der Waals surface area contributed by atoms with Gasteiger partial charge in [0, 0.05) is 14.9 Å². The summed E-state index contributed by atoms with van der Waals surface area (Å²) in [5, 5.41) is 8.62. The van der Waals surface area contributed by atoms with E-state index in [1.54, 1.807) is 30.3 Å². The fraction of sp³-hybridized carbons (Fsp3) is 0.118. The first kappa shape index (κ1) is 17.0. The van der Waals surface area contributed by atoms with Gasteiger partial charge in [0.25, 0.3) is 0 Å². The minimum absolute atomic E-state index is 0.0590. The Balaban J connectivity index is 1.85. The highest BCUT2D eigenvalue weighted by molar-refractivity contribution is 14.1. The number of benzene rings is 2. The van der Waals surface area contributed by atoms with Crippen molar-refractivity contribution in [3.63, 3.8) is 0 Å². The molecular formula is C17H12INO4S. The number of rotatable bonds is 4. The van der Waals surface area contributed by atoms with Crippen LogP contribution in [0, 0.1) is 3.57 Å². The average Bonchev–Trinajstić information content (AvgIpc) is 2.83. The van der Waals surface area contributed by atoms with Gasteiger partial charge in [0.05, 0.1) is 16.5 Å². The van der Waals surface area contributed by atoms with Crippen LogP contribution < -0.4 is 4.90 Å². The molecule has 1 atom stereocenters. The Morgan fingerprint density at radius 1 is 1.12 bits per heavy atom. The van der Waals surface area contributed by atoms with Gasteiger partial charge < -0.3 is 5.11 Å². The SMILES string of the molecule is O=C(O)c1ccccc1SC1CC(=O)N(c2ccc(I)cc2)C1=O. The number of carboxylic acid groups (broad SMARTS) is 1. The smallest absolute Gasteiger partial charge is 0.336 e. The van der Waals surface area contributed by atoms with Crippen LogP contribution in [0.1, 0.15) is 16.8 Å². The van der Waals surface area contributed by atoms with Crippen LogP contribution in [0.4, 0.5) is 5.69 Å². The Morgan fingerprint density at radius 2 is 1.79 bits per heavy atom. The monoisotopic (exact) mass is 453 g/mol. The van der Waals surface area contributed by atoms with Crippen molar-refractivity contribution in [2.24, 2.45) is 0 Å². The maximum absolute atomic E-state index is 12.6. The van der Waals surface area contributed by atoms with E-state index < -0.39 is 11.2 Å². The molecule has 1 unspecified atom stereocenters. The highest BCUT2D eigenvalue weighted by Crippen LogP contribution is 2.35. The molecule has 2 aromatic carbocycles. The van der Waals surface area contributed by atoms with Crippen LogP contribution in [0.5, 0.6) is 0 Å². The molecule has 0 bridgehead atoms. The van der Waals surface area contributed by atoms with Gasteiger partial charge in [-0.2, -0.15) is 0 Å². The number of hydrogen-bond acceptors (Lipinski definition) is 4. The van der Waals surface area contributed by atoms with E-state index in [2.05, 4.69) is 22.6 Å². The van der Waals surface area contributed by atoms with E-state index in [1.807, 2.05) is 12.1 Å². The Bertz CT molecular complexity index is 822. The summed E-state index contributed by atoms with van der Waals surface area (Å²) >= 11 is 3.28. The highest BCUT2D eigenvalue weighted by atomic mass is 127. The molecule has 2 aromatic rings. The molecule has 1 aliphatic rings. The predicted octanol–water partition coefficient (Wildman–Crippen LogP) is 3.41. The molecule has 1 heterocycles. The van der Waals surface area contributed by atoms with Crippen LogP contribution in [-0.2, 0) is 9.59 Å². The average molecular weight is 453 g/mol. The van der Waals surface area contributed by atoms with Crippen LogP contribution in [0.2, 0.25) is 0 Å². The number of anilines is 1. The van der Waals surface area contributed by atoms with Crippen molar-refractivity contribution in [1.82, 2.24) is 0 Å². The summed E-state index contributed by atoms with van der Waals surface area (Å²) in [4.78, 5) is 37.8. The Kier molecular flexibility index (Phi) is 4.91. The Hall–Kier alpha value is -1.87. The molecule has 3 rings (SSSR count). The van der Waals surface area contributed by atoms with Crippen molar-refractivity contribution in [3.8, 4) is 0 Å². The molecule has 24 heavy (non-hydrogen) atoms. The molecule has 1 N–H and O–H groups in total. The molecule has 0 aromatic heterocycles. The largest absolute Gasteiger partial charge is 0.478 e. The number of nitrogens with zero attached hydrogens (tertiary/aromatic N) is 1. The molecule has 0 aliphatic carbocycles. The van der Waals surface area contributed by atoms with Gasteiger partial charge in [-0.15, -0.1) is 11.8 Å². The number of aromatic carboxylic acids is 1. The van der Waals surface area contributed by atoms with Gasteiger partial charge in [-0.1, -0.05) is 12.1 Å². The van der Waals surface area contributed by atoms with Crippen LogP contribution in [0.15, 0.2) is 53.4 Å². The lowest BCUT2D eigenvalue weighted by Crippen LogP contribution is -2.31. The molecule has 1 fully saturated rings. The van der Waals surface area contributed by atoms with Gasteiger partial charge in [-0.05, 0) is 59.0 Å². The minimum Gasteiger partial charge on any atom is -0.478 e. The van der Waals surface area contributed by atoms with E-state index in [-0.39, 0.29) is 23.8 Å². The van der Waals surface area contributed by atoms with E-state index in [4.69, 9.17) is 0 Å². The number of imide groups is 1. The fourth-order valence-electron chi connectivity index (χ4n) is 2.46. The molecule has 122 valence electrons. The summed E-state index contributed by atoms with van der Waals surface area (Å²) in [5.41, 5.74) is 0.676. The molecule has 2 amide bonds. The molecular weight excluding hydrogens is 441 g/mol. The van der Waals surface area contributed by atoms with Crippen molar-refractivity contribution >= 4 is 57.8 Å². The van der Waals surface area contributed by atoms with E-state index in [9.17, 15) is 19.5 Å². The summed E-state index contributed by atoms with van der Waals surface area (Å²) < 4.78 is 1.01. The van der Waals surface area contributed by atoms with E-state index in [0.717, 1.165) is 15.3 Å². The molecule has 0 saturated carbocycles. The molecule has 1 aliphatic heterocycles. The van der Waals surface area contributed by atoms with Gasteiger partial charge in [0.1, 0.15) is 0 Å². The van der Waals surface area contributed by atoms with Crippen molar-refractivity contribution in [2.75, 3.05) is 4.90 Å². The lowest BCUT2D eigenvalue weighted by Gasteiger charge is -2.15. The number of carbonyl (C=O) groups is 3. The zero-order valence-electron chi connectivity index (χ0n) is 12.3. The highest BCUT2D eigenvalue weighted by Gasteiger charge is 2.40. The predicted molar refractivity (Wildman–Crippen MR) is 99.3 cm³/mol. The summed E-state index contributed by atoms with van der Waals surface area (Å²) in [6.07, 6.45) is 0.0590. The van der Waals surface area contributed by atoms with E-state index in [0.29, 0.717) is 10.6 Å². The first-order valence-corrected chi connectivity index (χ1v) is 9.04. The van der Waals surface area contributed by atoms with Gasteiger partial charge in [0.15, 0.2) is 0 Å². The van der Waals surface area contributed by atoms with Crippen LogP contribution in [0.3, 0.4) is 0 Å². The summed E-state index contributed by atoms with van der Waals surface area (Å²) in [5.74, 6) is -1.64. The summed E-state index contributed by atoms with van der Waals surface area (Å²) in [6, 6.07) is 13.6. The first-order valence-electron chi connectivity index (χ1n) is 7.08. The third kappa shape index (κ3) is 3.32. The quantitative estimate of drug-likeness (QED) is 0.568. The topological polar surface area (TPSA) is 74.7 Å². The molecule has 0 radical (unpaired) electrons. The molecule has 1 saturated heterocycles. The van der Waals surface area contributed by atoms with Gasteiger partial charge in [-0.25, -0.2) is 9.69 Å². The first-order chi connectivity index (χ1) is 11.5. The van der Waals surface area contributed by atoms with Crippen LogP contribution in [-0.4, -0.2) is 28.1 Å². The second-order valence-electron chi connectivity index (χ2n) is 5.16.